The second-order valence-electron chi connectivity index (χ2n) is 6.07. The van der Waals surface area contributed by atoms with Crippen LogP contribution in [0.1, 0.15) is 48.0 Å². The molecule has 1 aliphatic carbocycles. The highest BCUT2D eigenvalue weighted by Gasteiger charge is 2.27. The van der Waals surface area contributed by atoms with Gasteiger partial charge in [0.05, 0.1) is 12.3 Å². The highest BCUT2D eigenvalue weighted by molar-refractivity contribution is 6.05. The van der Waals surface area contributed by atoms with Crippen molar-refractivity contribution in [3.8, 4) is 0 Å². The molecule has 0 spiro atoms. The number of ketones is 1. The number of anilines is 1. The molecule has 5 nitrogen and oxygen atoms in total. The molecule has 0 saturated heterocycles. The van der Waals surface area contributed by atoms with E-state index in [2.05, 4.69) is 11.4 Å². The number of rotatable bonds is 5. The average molecular weight is 313 g/mol. The largest absolute Gasteiger partial charge is 0.457 e. The smallest absolute Gasteiger partial charge is 0.306 e. The first-order valence-corrected chi connectivity index (χ1v) is 7.85. The summed E-state index contributed by atoms with van der Waals surface area (Å²) in [4.78, 5) is 35.6. The van der Waals surface area contributed by atoms with Crippen molar-refractivity contribution in [2.45, 2.75) is 32.1 Å². The molecule has 5 heteroatoms. The maximum Gasteiger partial charge on any atom is 0.306 e. The van der Waals surface area contributed by atoms with Crippen LogP contribution in [-0.2, 0) is 14.3 Å². The van der Waals surface area contributed by atoms with Gasteiger partial charge in [-0.15, -0.1) is 0 Å². The van der Waals surface area contributed by atoms with Gasteiger partial charge in [-0.3, -0.25) is 14.4 Å². The Morgan fingerprint density at radius 2 is 2.17 bits per heavy atom. The van der Waals surface area contributed by atoms with E-state index < -0.39 is 0 Å². The van der Waals surface area contributed by atoms with Crippen molar-refractivity contribution < 1.29 is 19.1 Å². The van der Waals surface area contributed by atoms with Gasteiger partial charge in [0.2, 0.25) is 5.91 Å². The zero-order chi connectivity index (χ0) is 16.4. The Morgan fingerprint density at radius 1 is 1.35 bits per heavy atom. The molecule has 2 aliphatic rings. The minimum atomic E-state index is -0.346. The molecule has 0 bridgehead atoms. The third-order valence-corrected chi connectivity index (χ3v) is 4.40. The Bertz CT molecular complexity index is 692. The van der Waals surface area contributed by atoms with Crippen LogP contribution in [0.15, 0.2) is 30.4 Å². The minimum absolute atomic E-state index is 0.0688. The number of benzene rings is 1. The van der Waals surface area contributed by atoms with Gasteiger partial charge in [0.25, 0.3) is 0 Å². The molecule has 1 aromatic carbocycles. The van der Waals surface area contributed by atoms with Crippen LogP contribution in [0.2, 0.25) is 0 Å². The van der Waals surface area contributed by atoms with Crippen LogP contribution in [-0.4, -0.2) is 24.3 Å². The van der Waals surface area contributed by atoms with E-state index in [-0.39, 0.29) is 36.1 Å². The Labute approximate surface area is 134 Å². The van der Waals surface area contributed by atoms with Crippen molar-refractivity contribution in [2.75, 3.05) is 11.9 Å². The van der Waals surface area contributed by atoms with Crippen molar-refractivity contribution in [1.29, 1.82) is 0 Å². The molecule has 23 heavy (non-hydrogen) atoms. The van der Waals surface area contributed by atoms with Crippen LogP contribution in [0.25, 0.3) is 0 Å². The molecule has 1 aliphatic heterocycles. The normalized spacial score (nSPS) is 21.9. The zero-order valence-corrected chi connectivity index (χ0v) is 13.0. The van der Waals surface area contributed by atoms with Gasteiger partial charge in [-0.1, -0.05) is 12.2 Å². The molecule has 0 radical (unpaired) electrons. The highest BCUT2D eigenvalue weighted by atomic mass is 16.5. The number of ether oxygens (including phenoxy) is 1. The molecular weight excluding hydrogens is 294 g/mol. The van der Waals surface area contributed by atoms with Crippen molar-refractivity contribution in [1.82, 2.24) is 0 Å². The molecule has 1 amide bonds. The topological polar surface area (TPSA) is 72.5 Å². The first-order chi connectivity index (χ1) is 11.0. The molecular formula is C18H19NO4. The highest BCUT2D eigenvalue weighted by Crippen LogP contribution is 2.32. The van der Waals surface area contributed by atoms with E-state index in [0.29, 0.717) is 12.0 Å². The molecule has 0 unspecified atom stereocenters. The SMILES string of the molecule is C[C@@H]1C(=O)Nc2ccc(C(=O)COC(=O)C[C@H]3C=CCC3)cc21. The third-order valence-electron chi connectivity index (χ3n) is 4.40. The molecule has 1 N–H and O–H groups in total. The van der Waals surface area contributed by atoms with Gasteiger partial charge in [-0.2, -0.15) is 0 Å². The van der Waals surface area contributed by atoms with Crippen LogP contribution in [0.4, 0.5) is 5.69 Å². The molecule has 1 heterocycles. The average Bonchev–Trinajstić information content (AvgIpc) is 3.14. The van der Waals surface area contributed by atoms with Crippen molar-refractivity contribution >= 4 is 23.3 Å². The number of amides is 1. The quantitative estimate of drug-likeness (QED) is 0.515. The van der Waals surface area contributed by atoms with E-state index in [9.17, 15) is 14.4 Å². The number of carbonyl (C=O) groups excluding carboxylic acids is 3. The third kappa shape index (κ3) is 3.33. The molecule has 120 valence electrons. The predicted molar refractivity (Wildman–Crippen MR) is 85.3 cm³/mol. The van der Waals surface area contributed by atoms with E-state index in [1.807, 2.05) is 6.08 Å². The van der Waals surface area contributed by atoms with Gasteiger partial charge < -0.3 is 10.1 Å². The van der Waals surface area contributed by atoms with Crippen LogP contribution >= 0.6 is 0 Å². The van der Waals surface area contributed by atoms with Crippen molar-refractivity contribution in [3.05, 3.63) is 41.5 Å². The number of Topliss-reactive ketones (excluding diaryl/α,β-unsaturated/α-hetero) is 1. The fourth-order valence-electron chi connectivity index (χ4n) is 2.96. The summed E-state index contributed by atoms with van der Waals surface area (Å²) in [5.74, 6) is -0.707. The Hall–Kier alpha value is -2.43. The van der Waals surface area contributed by atoms with E-state index in [0.717, 1.165) is 24.1 Å². The Kier molecular flexibility index (Phi) is 4.28. The van der Waals surface area contributed by atoms with E-state index in [4.69, 9.17) is 4.74 Å². The van der Waals surface area contributed by atoms with E-state index in [1.165, 1.54) is 0 Å². The van der Waals surface area contributed by atoms with Crippen molar-refractivity contribution in [3.63, 3.8) is 0 Å². The van der Waals surface area contributed by atoms with Gasteiger partial charge in [-0.25, -0.2) is 0 Å². The van der Waals surface area contributed by atoms with Crippen LogP contribution in [0.3, 0.4) is 0 Å². The maximum atomic E-state index is 12.2. The maximum absolute atomic E-state index is 12.2. The summed E-state index contributed by atoms with van der Waals surface area (Å²) in [5.41, 5.74) is 2.01. The first-order valence-electron chi connectivity index (χ1n) is 7.85. The fraction of sp³-hybridized carbons (Fsp3) is 0.389. The van der Waals surface area contributed by atoms with Crippen LogP contribution in [0, 0.1) is 5.92 Å². The predicted octanol–water partition coefficient (Wildman–Crippen LogP) is 2.82. The number of allylic oxidation sites excluding steroid dienone is 2. The molecule has 0 fully saturated rings. The number of esters is 1. The monoisotopic (exact) mass is 313 g/mol. The number of nitrogens with one attached hydrogen (secondary N) is 1. The van der Waals surface area contributed by atoms with Gasteiger partial charge >= 0.3 is 5.97 Å². The number of hydrogen-bond acceptors (Lipinski definition) is 4. The lowest BCUT2D eigenvalue weighted by molar-refractivity contribution is -0.143. The lowest BCUT2D eigenvalue weighted by atomic mass is 9.99. The van der Waals surface area contributed by atoms with Gasteiger partial charge in [0.1, 0.15) is 0 Å². The second kappa shape index (κ2) is 6.36. The minimum Gasteiger partial charge on any atom is -0.457 e. The van der Waals surface area contributed by atoms with Gasteiger partial charge in [-0.05, 0) is 49.4 Å². The summed E-state index contributed by atoms with van der Waals surface area (Å²) in [6.07, 6.45) is 6.37. The summed E-state index contributed by atoms with van der Waals surface area (Å²) in [6, 6.07) is 5.07. The molecule has 2 atom stereocenters. The van der Waals surface area contributed by atoms with E-state index in [1.54, 1.807) is 25.1 Å². The number of hydrogen-bond donors (Lipinski definition) is 1. The van der Waals surface area contributed by atoms with Crippen molar-refractivity contribution in [2.24, 2.45) is 5.92 Å². The summed E-state index contributed by atoms with van der Waals surface area (Å²) in [6.45, 7) is 1.54. The fourth-order valence-corrected chi connectivity index (χ4v) is 2.96. The summed E-state index contributed by atoms with van der Waals surface area (Å²) < 4.78 is 5.08. The zero-order valence-electron chi connectivity index (χ0n) is 13.0. The summed E-state index contributed by atoms with van der Waals surface area (Å²) in [7, 11) is 0. The number of carbonyl (C=O) groups is 3. The van der Waals surface area contributed by atoms with E-state index >= 15 is 0 Å². The number of fused-ring (bicyclic) bond motifs is 1. The lowest BCUT2D eigenvalue weighted by Crippen LogP contribution is -2.16. The Morgan fingerprint density at radius 3 is 2.91 bits per heavy atom. The molecule has 0 aromatic heterocycles. The summed E-state index contributed by atoms with van der Waals surface area (Å²) in [5, 5.41) is 2.76. The molecule has 1 aromatic rings. The molecule has 0 saturated carbocycles. The lowest BCUT2D eigenvalue weighted by Gasteiger charge is -2.09. The summed E-state index contributed by atoms with van der Waals surface area (Å²) >= 11 is 0. The first kappa shape index (κ1) is 15.5. The molecule has 3 rings (SSSR count). The van der Waals surface area contributed by atoms with Crippen LogP contribution < -0.4 is 5.32 Å². The second-order valence-corrected chi connectivity index (χ2v) is 6.07. The van der Waals surface area contributed by atoms with Crippen LogP contribution in [0.5, 0.6) is 0 Å². The standard InChI is InChI=1S/C18H19NO4/c1-11-14-9-13(6-7-15(14)19-18(11)22)16(20)10-23-17(21)8-12-4-2-3-5-12/h2,4,6-7,9,11-12H,3,5,8,10H2,1H3,(H,19,22)/t11-,12-/m0/s1. The van der Waals surface area contributed by atoms with Gasteiger partial charge in [0, 0.05) is 11.3 Å². The van der Waals surface area contributed by atoms with Gasteiger partial charge in [0.15, 0.2) is 12.4 Å². The Balaban J connectivity index is 1.57.